The maximum atomic E-state index is 5.18. The number of fused-ring (bicyclic) bond motifs is 1. The van der Waals surface area contributed by atoms with E-state index in [1.54, 1.807) is 24.3 Å². The van der Waals surface area contributed by atoms with Crippen LogP contribution < -0.4 is 4.74 Å². The Hall–Kier alpha value is -3.54. The van der Waals surface area contributed by atoms with Crippen LogP contribution in [0.4, 0.5) is 5.69 Å². The second-order valence-corrected chi connectivity index (χ2v) is 5.89. The third kappa shape index (κ3) is 3.17. The first-order chi connectivity index (χ1) is 12.7. The quantitative estimate of drug-likeness (QED) is 0.527. The van der Waals surface area contributed by atoms with Gasteiger partial charge in [0.25, 0.3) is 0 Å². The van der Waals surface area contributed by atoms with Crippen molar-refractivity contribution < 1.29 is 4.74 Å². The Labute approximate surface area is 150 Å². The van der Waals surface area contributed by atoms with E-state index in [9.17, 15) is 0 Å². The minimum Gasteiger partial charge on any atom is -0.497 e. The molecule has 26 heavy (non-hydrogen) atoms. The van der Waals surface area contributed by atoms with Gasteiger partial charge in [-0.15, -0.1) is 0 Å². The third-order valence-corrected chi connectivity index (χ3v) is 4.04. The van der Waals surface area contributed by atoms with Crippen molar-refractivity contribution in [1.82, 2.24) is 19.7 Å². The van der Waals surface area contributed by atoms with E-state index in [0.717, 1.165) is 27.9 Å². The number of benzene rings is 2. The number of hydrogen-bond donors (Lipinski definition) is 0. The van der Waals surface area contributed by atoms with E-state index >= 15 is 0 Å². The zero-order chi connectivity index (χ0) is 17.9. The van der Waals surface area contributed by atoms with Gasteiger partial charge < -0.3 is 4.74 Å². The van der Waals surface area contributed by atoms with Crippen molar-refractivity contribution >= 4 is 22.8 Å². The molecule has 0 N–H and O–H groups in total. The summed E-state index contributed by atoms with van der Waals surface area (Å²) in [7, 11) is 1.64. The highest BCUT2D eigenvalue weighted by Gasteiger charge is 2.09. The summed E-state index contributed by atoms with van der Waals surface area (Å²) in [5.74, 6) is 1.49. The highest BCUT2D eigenvalue weighted by molar-refractivity contribution is 5.92. The smallest absolute Gasteiger partial charge is 0.164 e. The Morgan fingerprint density at radius 2 is 1.92 bits per heavy atom. The Bertz CT molecular complexity index is 1070. The SMILES string of the molecule is COc1ccc(N=Cc2cc3cc(C)ccc3nc2-n2cncn2)cc1. The number of nitrogens with zero attached hydrogens (tertiary/aromatic N) is 5. The fraction of sp³-hybridized carbons (Fsp3) is 0.100. The van der Waals surface area contributed by atoms with Crippen molar-refractivity contribution in [3.05, 3.63) is 72.3 Å². The number of rotatable bonds is 4. The zero-order valence-corrected chi connectivity index (χ0v) is 14.5. The van der Waals surface area contributed by atoms with Gasteiger partial charge in [-0.05, 0) is 49.4 Å². The van der Waals surface area contributed by atoms with Gasteiger partial charge in [-0.2, -0.15) is 5.10 Å². The number of aromatic nitrogens is 4. The predicted molar refractivity (Wildman–Crippen MR) is 102 cm³/mol. The lowest BCUT2D eigenvalue weighted by molar-refractivity contribution is 0.415. The van der Waals surface area contributed by atoms with Crippen LogP contribution in [-0.4, -0.2) is 33.1 Å². The molecular weight excluding hydrogens is 326 g/mol. The van der Waals surface area contributed by atoms with Crippen LogP contribution in [0, 0.1) is 6.92 Å². The molecule has 0 saturated heterocycles. The number of aliphatic imine (C=N–C) groups is 1. The third-order valence-electron chi connectivity index (χ3n) is 4.04. The maximum Gasteiger partial charge on any atom is 0.164 e. The number of methoxy groups -OCH3 is 1. The van der Waals surface area contributed by atoms with Gasteiger partial charge in [-0.3, -0.25) is 4.99 Å². The molecule has 4 aromatic rings. The lowest BCUT2D eigenvalue weighted by Gasteiger charge is -2.08. The summed E-state index contributed by atoms with van der Waals surface area (Å²) >= 11 is 0. The topological polar surface area (TPSA) is 65.2 Å². The van der Waals surface area contributed by atoms with Gasteiger partial charge in [-0.25, -0.2) is 14.6 Å². The summed E-state index contributed by atoms with van der Waals surface area (Å²) in [5, 5.41) is 5.27. The second-order valence-electron chi connectivity index (χ2n) is 5.89. The molecule has 0 spiro atoms. The highest BCUT2D eigenvalue weighted by Crippen LogP contribution is 2.21. The summed E-state index contributed by atoms with van der Waals surface area (Å²) in [6.07, 6.45) is 4.92. The molecule has 0 saturated carbocycles. The van der Waals surface area contributed by atoms with Crippen molar-refractivity contribution in [3.8, 4) is 11.6 Å². The monoisotopic (exact) mass is 343 g/mol. The van der Waals surface area contributed by atoms with Crippen LogP contribution in [0.1, 0.15) is 11.1 Å². The summed E-state index contributed by atoms with van der Waals surface area (Å²) in [4.78, 5) is 13.3. The normalized spacial score (nSPS) is 11.3. The molecule has 2 heterocycles. The maximum absolute atomic E-state index is 5.18. The molecule has 2 aromatic heterocycles. The summed E-state index contributed by atoms with van der Waals surface area (Å²) in [6, 6.07) is 15.8. The summed E-state index contributed by atoms with van der Waals surface area (Å²) < 4.78 is 6.83. The Morgan fingerprint density at radius 1 is 1.08 bits per heavy atom. The van der Waals surface area contributed by atoms with Gasteiger partial charge in [0, 0.05) is 17.2 Å². The van der Waals surface area contributed by atoms with Crippen molar-refractivity contribution in [2.75, 3.05) is 7.11 Å². The van der Waals surface area contributed by atoms with Gasteiger partial charge in [0.1, 0.15) is 18.4 Å². The molecule has 0 aliphatic carbocycles. The van der Waals surface area contributed by atoms with Crippen LogP contribution in [-0.2, 0) is 0 Å². The molecular formula is C20H17N5O. The lowest BCUT2D eigenvalue weighted by Crippen LogP contribution is -2.03. The Kier molecular flexibility index (Phi) is 4.15. The molecule has 0 bridgehead atoms. The molecule has 4 rings (SSSR count). The van der Waals surface area contributed by atoms with Crippen LogP contribution >= 0.6 is 0 Å². The standard InChI is InChI=1S/C20H17N5O/c1-14-3-8-19-15(9-14)10-16(20(24-19)25-13-21-12-23-25)11-22-17-4-6-18(26-2)7-5-17/h3-13H,1-2H3. The second kappa shape index (κ2) is 6.76. The minimum absolute atomic E-state index is 0.691. The number of aryl methyl sites for hydroxylation is 1. The van der Waals surface area contributed by atoms with Crippen LogP contribution in [0.25, 0.3) is 16.7 Å². The molecule has 0 aliphatic heterocycles. The van der Waals surface area contributed by atoms with Gasteiger partial charge >= 0.3 is 0 Å². The predicted octanol–water partition coefficient (Wildman–Crippen LogP) is 3.88. The van der Waals surface area contributed by atoms with Crippen LogP contribution in [0.15, 0.2) is 66.2 Å². The molecule has 0 fully saturated rings. The van der Waals surface area contributed by atoms with E-state index in [-0.39, 0.29) is 0 Å². The lowest BCUT2D eigenvalue weighted by atomic mass is 10.1. The minimum atomic E-state index is 0.691. The Morgan fingerprint density at radius 3 is 2.65 bits per heavy atom. The van der Waals surface area contributed by atoms with E-state index in [1.807, 2.05) is 36.4 Å². The van der Waals surface area contributed by atoms with Crippen molar-refractivity contribution in [2.45, 2.75) is 6.92 Å². The van der Waals surface area contributed by atoms with Crippen molar-refractivity contribution in [1.29, 1.82) is 0 Å². The van der Waals surface area contributed by atoms with Crippen LogP contribution in [0.2, 0.25) is 0 Å². The van der Waals surface area contributed by atoms with Gasteiger partial charge in [0.15, 0.2) is 5.82 Å². The van der Waals surface area contributed by atoms with E-state index in [1.165, 1.54) is 11.9 Å². The highest BCUT2D eigenvalue weighted by atomic mass is 16.5. The first-order valence-corrected chi connectivity index (χ1v) is 8.17. The average Bonchev–Trinajstić information content (AvgIpc) is 3.20. The summed E-state index contributed by atoms with van der Waals surface area (Å²) in [5.41, 5.74) is 3.79. The molecule has 6 heteroatoms. The van der Waals surface area contributed by atoms with E-state index in [4.69, 9.17) is 9.72 Å². The van der Waals surface area contributed by atoms with Crippen molar-refractivity contribution in [3.63, 3.8) is 0 Å². The molecule has 0 aliphatic rings. The fourth-order valence-corrected chi connectivity index (χ4v) is 2.71. The molecule has 0 atom stereocenters. The van der Waals surface area contributed by atoms with Gasteiger partial charge in [-0.1, -0.05) is 11.6 Å². The van der Waals surface area contributed by atoms with E-state index in [2.05, 4.69) is 34.1 Å². The average molecular weight is 343 g/mol. The first-order valence-electron chi connectivity index (χ1n) is 8.17. The zero-order valence-electron chi connectivity index (χ0n) is 14.5. The first kappa shape index (κ1) is 16.0. The van der Waals surface area contributed by atoms with Crippen LogP contribution in [0.5, 0.6) is 5.75 Å². The molecule has 0 radical (unpaired) electrons. The number of pyridine rings is 1. The molecule has 6 nitrogen and oxygen atoms in total. The largest absolute Gasteiger partial charge is 0.497 e. The summed E-state index contributed by atoms with van der Waals surface area (Å²) in [6.45, 7) is 2.07. The van der Waals surface area contributed by atoms with Crippen LogP contribution in [0.3, 0.4) is 0 Å². The van der Waals surface area contributed by atoms with E-state index in [0.29, 0.717) is 5.82 Å². The molecule has 2 aromatic carbocycles. The Balaban J connectivity index is 1.80. The van der Waals surface area contributed by atoms with Gasteiger partial charge in [0.05, 0.1) is 18.3 Å². The molecule has 0 unspecified atom stereocenters. The molecule has 128 valence electrons. The molecule has 0 amide bonds. The fourth-order valence-electron chi connectivity index (χ4n) is 2.71. The van der Waals surface area contributed by atoms with E-state index < -0.39 is 0 Å². The number of hydrogen-bond acceptors (Lipinski definition) is 5. The van der Waals surface area contributed by atoms with Crippen molar-refractivity contribution in [2.24, 2.45) is 4.99 Å². The number of ether oxygens (including phenoxy) is 1. The van der Waals surface area contributed by atoms with Gasteiger partial charge in [0.2, 0.25) is 0 Å².